The van der Waals surface area contributed by atoms with E-state index in [1.165, 1.54) is 25.4 Å². The molecule has 9 heteroatoms. The van der Waals surface area contributed by atoms with Crippen molar-refractivity contribution >= 4 is 28.3 Å². The van der Waals surface area contributed by atoms with E-state index in [9.17, 15) is 9.59 Å². The van der Waals surface area contributed by atoms with Crippen LogP contribution in [-0.2, 0) is 19.2 Å². The van der Waals surface area contributed by atoms with Gasteiger partial charge in [0, 0.05) is 17.6 Å². The molecule has 0 radical (unpaired) electrons. The Kier molecular flexibility index (Phi) is 5.18. The zero-order valence-corrected chi connectivity index (χ0v) is 10.6. The number of hydrogen-bond acceptors (Lipinski definition) is 8. The third-order valence-corrected chi connectivity index (χ3v) is 2.56. The number of hydrogen-bond donors (Lipinski definition) is 1. The number of thiazole rings is 1. The number of nitrogen functional groups attached to an aromatic ring is 1. The summed E-state index contributed by atoms with van der Waals surface area (Å²) < 4.78 is 4.62. The largest absolute Gasteiger partial charge is 0.468 e. The van der Waals surface area contributed by atoms with Crippen LogP contribution >= 0.6 is 11.3 Å². The summed E-state index contributed by atoms with van der Waals surface area (Å²) in [6.07, 6.45) is 0. The molecule has 0 saturated heterocycles. The Bertz CT molecular complexity index is 459. The fourth-order valence-electron chi connectivity index (χ4n) is 1.07. The lowest BCUT2D eigenvalue weighted by atomic mass is 10.1. The molecule has 2 N–H and O–H groups in total. The van der Waals surface area contributed by atoms with Gasteiger partial charge in [-0.3, -0.25) is 9.59 Å². The Morgan fingerprint density at radius 3 is 2.83 bits per heavy atom. The van der Waals surface area contributed by atoms with Crippen LogP contribution < -0.4 is 5.73 Å². The molecule has 0 bridgehead atoms. The van der Waals surface area contributed by atoms with Gasteiger partial charge in [0.2, 0.25) is 0 Å². The van der Waals surface area contributed by atoms with Crippen LogP contribution in [0.15, 0.2) is 15.8 Å². The maximum atomic E-state index is 11.5. The standard InChI is InChI=1S/C9H12N4O4S/c1-5(14)12-13-17-3-6(8(15)16-2)7-4-18-9(10)11-7/h4,6H,3H2,1-2H3,(H2,10,11). The first-order valence-electron chi connectivity index (χ1n) is 4.87. The van der Waals surface area contributed by atoms with E-state index in [1.807, 2.05) is 0 Å². The molecule has 0 aliphatic carbocycles. The Balaban J connectivity index is 2.68. The number of anilines is 1. The van der Waals surface area contributed by atoms with E-state index in [-0.39, 0.29) is 6.61 Å². The lowest BCUT2D eigenvalue weighted by Crippen LogP contribution is -2.19. The Morgan fingerprint density at radius 2 is 2.33 bits per heavy atom. The van der Waals surface area contributed by atoms with E-state index >= 15 is 0 Å². The van der Waals surface area contributed by atoms with Crippen LogP contribution in [-0.4, -0.2) is 30.6 Å². The molecule has 0 fully saturated rings. The predicted octanol–water partition coefficient (Wildman–Crippen LogP) is 0.912. The lowest BCUT2D eigenvalue weighted by molar-refractivity contribution is -0.144. The van der Waals surface area contributed by atoms with Gasteiger partial charge in [0.05, 0.1) is 12.8 Å². The van der Waals surface area contributed by atoms with Gasteiger partial charge in [-0.05, 0) is 0 Å². The quantitative estimate of drug-likeness (QED) is 0.484. The number of methoxy groups -OCH3 is 1. The van der Waals surface area contributed by atoms with Crippen LogP contribution in [0.4, 0.5) is 5.13 Å². The van der Waals surface area contributed by atoms with Crippen molar-refractivity contribution < 1.29 is 19.2 Å². The van der Waals surface area contributed by atoms with Crippen LogP contribution in [0.1, 0.15) is 18.5 Å². The van der Waals surface area contributed by atoms with Gasteiger partial charge in [0.25, 0.3) is 5.91 Å². The van der Waals surface area contributed by atoms with Gasteiger partial charge in [-0.25, -0.2) is 4.98 Å². The number of esters is 1. The van der Waals surface area contributed by atoms with E-state index in [0.29, 0.717) is 10.8 Å². The third-order valence-electron chi connectivity index (χ3n) is 1.86. The summed E-state index contributed by atoms with van der Waals surface area (Å²) in [6.45, 7) is 1.10. The minimum absolute atomic E-state index is 0.132. The highest BCUT2D eigenvalue weighted by Gasteiger charge is 2.25. The SMILES string of the molecule is COC(=O)C(CON=NC(C)=O)c1csc(N)n1. The van der Waals surface area contributed by atoms with Gasteiger partial charge in [-0.15, -0.1) is 11.3 Å². The van der Waals surface area contributed by atoms with Crippen molar-refractivity contribution in [1.29, 1.82) is 0 Å². The molecule has 8 nitrogen and oxygen atoms in total. The molecule has 18 heavy (non-hydrogen) atoms. The summed E-state index contributed by atoms with van der Waals surface area (Å²) in [4.78, 5) is 30.7. The van der Waals surface area contributed by atoms with E-state index in [2.05, 4.69) is 20.1 Å². The van der Waals surface area contributed by atoms with Crippen molar-refractivity contribution in [2.75, 3.05) is 19.5 Å². The zero-order valence-electron chi connectivity index (χ0n) is 9.82. The maximum Gasteiger partial charge on any atom is 0.318 e. The van der Waals surface area contributed by atoms with Crippen LogP contribution in [0.2, 0.25) is 0 Å². The highest BCUT2D eigenvalue weighted by atomic mass is 32.1. The molecule has 1 aromatic rings. The number of carbonyl (C=O) groups is 2. The number of aromatic nitrogens is 1. The van der Waals surface area contributed by atoms with E-state index in [4.69, 9.17) is 10.6 Å². The van der Waals surface area contributed by atoms with Crippen LogP contribution in [0.5, 0.6) is 0 Å². The van der Waals surface area contributed by atoms with Crippen LogP contribution in [0, 0.1) is 0 Å². The van der Waals surface area contributed by atoms with Crippen molar-refractivity contribution in [2.24, 2.45) is 10.4 Å². The fraction of sp³-hybridized carbons (Fsp3) is 0.444. The molecule has 1 heterocycles. The summed E-state index contributed by atoms with van der Waals surface area (Å²) in [6, 6.07) is 0. The molecule has 0 spiro atoms. The first-order valence-corrected chi connectivity index (χ1v) is 5.75. The van der Waals surface area contributed by atoms with Gasteiger partial charge in [0.15, 0.2) is 5.13 Å². The van der Waals surface area contributed by atoms with E-state index in [0.717, 1.165) is 0 Å². The van der Waals surface area contributed by atoms with Crippen molar-refractivity contribution in [1.82, 2.24) is 4.98 Å². The highest BCUT2D eigenvalue weighted by Crippen LogP contribution is 2.21. The summed E-state index contributed by atoms with van der Waals surface area (Å²) in [5.41, 5.74) is 5.91. The van der Waals surface area contributed by atoms with Gasteiger partial charge in [-0.2, -0.15) is 0 Å². The van der Waals surface area contributed by atoms with Gasteiger partial charge >= 0.3 is 5.97 Å². The van der Waals surface area contributed by atoms with Crippen molar-refractivity contribution in [2.45, 2.75) is 12.8 Å². The summed E-state index contributed by atoms with van der Waals surface area (Å²) >= 11 is 1.20. The topological polar surface area (TPSA) is 116 Å². The molecule has 1 atom stereocenters. The minimum atomic E-state index is -0.755. The molecular formula is C9H12N4O4S. The zero-order chi connectivity index (χ0) is 13.5. The van der Waals surface area contributed by atoms with E-state index in [1.54, 1.807) is 5.38 Å². The number of ether oxygens (including phenoxy) is 1. The Morgan fingerprint density at radius 1 is 1.61 bits per heavy atom. The monoisotopic (exact) mass is 272 g/mol. The van der Waals surface area contributed by atoms with Crippen LogP contribution in [0.3, 0.4) is 0 Å². The molecule has 1 rings (SSSR count). The van der Waals surface area contributed by atoms with Gasteiger partial charge in [0.1, 0.15) is 12.5 Å². The number of carbonyl (C=O) groups excluding carboxylic acids is 2. The van der Waals surface area contributed by atoms with Crippen molar-refractivity contribution in [3.05, 3.63) is 11.1 Å². The average Bonchev–Trinajstić information content (AvgIpc) is 2.74. The molecule has 0 aliphatic heterocycles. The summed E-state index contributed by atoms with van der Waals surface area (Å²) in [5, 5.41) is 8.29. The van der Waals surface area contributed by atoms with Crippen molar-refractivity contribution in [3.63, 3.8) is 0 Å². The molecule has 1 aromatic heterocycles. The smallest absolute Gasteiger partial charge is 0.318 e. The average molecular weight is 272 g/mol. The normalized spacial score (nSPS) is 12.3. The van der Waals surface area contributed by atoms with Crippen molar-refractivity contribution in [3.8, 4) is 0 Å². The summed E-state index contributed by atoms with van der Waals surface area (Å²) in [7, 11) is 1.25. The summed E-state index contributed by atoms with van der Waals surface area (Å²) in [5.74, 6) is -1.78. The number of nitrogens with zero attached hydrogens (tertiary/aromatic N) is 3. The Hall–Kier alpha value is -2.03. The van der Waals surface area contributed by atoms with E-state index < -0.39 is 17.8 Å². The maximum absolute atomic E-state index is 11.5. The minimum Gasteiger partial charge on any atom is -0.468 e. The van der Waals surface area contributed by atoms with Gasteiger partial charge < -0.3 is 15.3 Å². The van der Waals surface area contributed by atoms with Gasteiger partial charge in [-0.1, -0.05) is 5.11 Å². The molecular weight excluding hydrogens is 260 g/mol. The fourth-order valence-corrected chi connectivity index (χ4v) is 1.69. The third kappa shape index (κ3) is 4.09. The second kappa shape index (κ2) is 6.64. The molecule has 0 saturated carbocycles. The molecule has 0 aliphatic rings. The first-order chi connectivity index (χ1) is 8.54. The second-order valence-corrected chi connectivity index (χ2v) is 4.07. The number of nitrogens with two attached hydrogens (primary N) is 1. The first kappa shape index (κ1) is 14.0. The second-order valence-electron chi connectivity index (χ2n) is 3.18. The highest BCUT2D eigenvalue weighted by molar-refractivity contribution is 7.13. The molecule has 98 valence electrons. The molecule has 1 amide bonds. The number of amides is 1. The Labute approximate surface area is 107 Å². The molecule has 1 unspecified atom stereocenters. The lowest BCUT2D eigenvalue weighted by Gasteiger charge is -2.09. The predicted molar refractivity (Wildman–Crippen MR) is 62.8 cm³/mol. The number of rotatable bonds is 5. The molecule has 0 aromatic carbocycles. The van der Waals surface area contributed by atoms with Crippen LogP contribution in [0.25, 0.3) is 0 Å².